The van der Waals surface area contributed by atoms with Crippen LogP contribution >= 0.6 is 11.6 Å². The Morgan fingerprint density at radius 3 is 1.74 bits per heavy atom. The summed E-state index contributed by atoms with van der Waals surface area (Å²) < 4.78 is 77.6. The van der Waals surface area contributed by atoms with Crippen molar-refractivity contribution in [2.24, 2.45) is 0 Å². The van der Waals surface area contributed by atoms with Crippen molar-refractivity contribution in [3.63, 3.8) is 0 Å². The van der Waals surface area contributed by atoms with Crippen molar-refractivity contribution in [1.29, 1.82) is 0 Å². The molecule has 1 aromatic heterocycles. The molecule has 9 heteroatoms. The van der Waals surface area contributed by atoms with Gasteiger partial charge in [-0.15, -0.1) is 0 Å². The van der Waals surface area contributed by atoms with Gasteiger partial charge in [0.05, 0.1) is 11.3 Å². The topological polar surface area (TPSA) is 25.8 Å². The van der Waals surface area contributed by atoms with E-state index in [1.165, 1.54) is 24.3 Å². The van der Waals surface area contributed by atoms with Crippen LogP contribution in [0.5, 0.6) is 0 Å². The van der Waals surface area contributed by atoms with Crippen molar-refractivity contribution in [3.8, 4) is 22.6 Å². The third-order valence-electron chi connectivity index (χ3n) is 3.63. The summed E-state index contributed by atoms with van der Waals surface area (Å²) in [7, 11) is 0. The summed E-state index contributed by atoms with van der Waals surface area (Å²) in [6, 6.07) is 10.3. The van der Waals surface area contributed by atoms with Crippen LogP contribution in [-0.2, 0) is 12.4 Å². The number of benzene rings is 2. The minimum atomic E-state index is -4.75. The molecule has 0 fully saturated rings. The molecule has 0 amide bonds. The lowest BCUT2D eigenvalue weighted by Crippen LogP contribution is -2.10. The molecule has 0 spiro atoms. The van der Waals surface area contributed by atoms with E-state index >= 15 is 0 Å². The number of halogens is 7. The van der Waals surface area contributed by atoms with Gasteiger partial charge < -0.3 is 0 Å². The number of aromatic nitrogens is 2. The van der Waals surface area contributed by atoms with E-state index in [1.54, 1.807) is 0 Å². The van der Waals surface area contributed by atoms with E-state index in [0.29, 0.717) is 10.6 Å². The molecule has 3 aromatic rings. The molecular formula is C18H9ClF6N2. The highest BCUT2D eigenvalue weighted by Crippen LogP contribution is 2.34. The first-order valence-electron chi connectivity index (χ1n) is 7.44. The smallest absolute Gasteiger partial charge is 0.228 e. The maximum atomic E-state index is 13.2. The minimum absolute atomic E-state index is 0.0242. The summed E-state index contributed by atoms with van der Waals surface area (Å²) in [5, 5.41) is 0.395. The highest BCUT2D eigenvalue weighted by Gasteiger charge is 2.34. The molecule has 0 saturated carbocycles. The van der Waals surface area contributed by atoms with Crippen molar-refractivity contribution in [3.05, 3.63) is 70.9 Å². The normalized spacial score (nSPS) is 12.3. The fourth-order valence-electron chi connectivity index (χ4n) is 2.30. The summed E-state index contributed by atoms with van der Waals surface area (Å²) in [5.41, 5.74) is -1.75. The van der Waals surface area contributed by atoms with Crippen molar-refractivity contribution in [2.75, 3.05) is 0 Å². The zero-order valence-electron chi connectivity index (χ0n) is 13.2. The number of alkyl halides is 6. The van der Waals surface area contributed by atoms with Gasteiger partial charge in [-0.2, -0.15) is 26.3 Å². The van der Waals surface area contributed by atoms with Crippen molar-refractivity contribution in [2.45, 2.75) is 12.4 Å². The molecule has 2 nitrogen and oxygen atoms in total. The zero-order chi connectivity index (χ0) is 19.8. The molecule has 27 heavy (non-hydrogen) atoms. The van der Waals surface area contributed by atoms with Crippen LogP contribution < -0.4 is 0 Å². The SMILES string of the molecule is FC(F)(F)c1ccc(-c2nc(-c3ccc(Cl)cc3)cc(C(F)(F)F)n2)cc1. The van der Waals surface area contributed by atoms with Crippen LogP contribution in [0.3, 0.4) is 0 Å². The maximum absolute atomic E-state index is 13.2. The molecule has 0 aliphatic carbocycles. The Bertz CT molecular complexity index is 948. The predicted molar refractivity (Wildman–Crippen MR) is 87.9 cm³/mol. The quantitative estimate of drug-likeness (QED) is 0.457. The van der Waals surface area contributed by atoms with Crippen molar-refractivity contribution >= 4 is 11.6 Å². The number of hydrogen-bond acceptors (Lipinski definition) is 2. The average molecular weight is 403 g/mol. The van der Waals surface area contributed by atoms with Gasteiger partial charge in [0.25, 0.3) is 0 Å². The molecular weight excluding hydrogens is 394 g/mol. The lowest BCUT2D eigenvalue weighted by molar-refractivity contribution is -0.141. The van der Waals surface area contributed by atoms with E-state index in [2.05, 4.69) is 9.97 Å². The number of rotatable bonds is 2. The Labute approximate surface area is 154 Å². The first-order chi connectivity index (χ1) is 12.5. The highest BCUT2D eigenvalue weighted by molar-refractivity contribution is 6.30. The Hall–Kier alpha value is -2.61. The second-order valence-corrected chi connectivity index (χ2v) is 5.98. The average Bonchev–Trinajstić information content (AvgIpc) is 2.60. The molecule has 1 heterocycles. The van der Waals surface area contributed by atoms with Gasteiger partial charge in [0.15, 0.2) is 5.82 Å². The molecule has 0 unspecified atom stereocenters. The lowest BCUT2D eigenvalue weighted by Gasteiger charge is -2.12. The van der Waals surface area contributed by atoms with Crippen LogP contribution in [0, 0.1) is 0 Å². The summed E-state index contributed by atoms with van der Waals surface area (Å²) in [6.45, 7) is 0. The lowest BCUT2D eigenvalue weighted by atomic mass is 10.1. The number of hydrogen-bond donors (Lipinski definition) is 0. The molecule has 140 valence electrons. The molecule has 0 aliphatic rings. The Morgan fingerprint density at radius 2 is 1.22 bits per heavy atom. The van der Waals surface area contributed by atoms with E-state index < -0.39 is 23.6 Å². The zero-order valence-corrected chi connectivity index (χ0v) is 14.0. The van der Waals surface area contributed by atoms with Gasteiger partial charge in [-0.1, -0.05) is 35.9 Å². The third-order valence-corrected chi connectivity index (χ3v) is 3.88. The summed E-state index contributed by atoms with van der Waals surface area (Å²) >= 11 is 5.78. The molecule has 0 aliphatic heterocycles. The fraction of sp³-hybridized carbons (Fsp3) is 0.111. The van der Waals surface area contributed by atoms with Crippen LogP contribution in [0.1, 0.15) is 11.3 Å². The van der Waals surface area contributed by atoms with E-state index in [1.807, 2.05) is 0 Å². The van der Waals surface area contributed by atoms with E-state index in [9.17, 15) is 26.3 Å². The largest absolute Gasteiger partial charge is 0.433 e. The molecule has 0 atom stereocenters. The van der Waals surface area contributed by atoms with Gasteiger partial charge in [-0.25, -0.2) is 9.97 Å². The highest BCUT2D eigenvalue weighted by atomic mass is 35.5. The Morgan fingerprint density at radius 1 is 0.667 bits per heavy atom. The van der Waals surface area contributed by atoms with Gasteiger partial charge in [0.2, 0.25) is 0 Å². The van der Waals surface area contributed by atoms with Gasteiger partial charge in [0, 0.05) is 16.1 Å². The van der Waals surface area contributed by atoms with Crippen LogP contribution in [0.15, 0.2) is 54.6 Å². The standard InChI is InChI=1S/C18H9ClF6N2/c19-13-7-3-10(4-8-13)14-9-15(18(23,24)25)27-16(26-14)11-1-5-12(6-2-11)17(20,21)22/h1-9H. The van der Waals surface area contributed by atoms with Gasteiger partial charge in [-0.05, 0) is 30.3 Å². The van der Waals surface area contributed by atoms with Crippen LogP contribution in [0.4, 0.5) is 26.3 Å². The molecule has 2 aromatic carbocycles. The summed E-state index contributed by atoms with van der Waals surface area (Å²) in [4.78, 5) is 7.54. The fourth-order valence-corrected chi connectivity index (χ4v) is 2.42. The van der Waals surface area contributed by atoms with E-state index in [4.69, 9.17) is 11.6 Å². The second kappa shape index (κ2) is 6.84. The summed E-state index contributed by atoms with van der Waals surface area (Å²) in [6.07, 6.45) is -9.30. The Kier molecular flexibility index (Phi) is 4.86. The van der Waals surface area contributed by atoms with E-state index in [-0.39, 0.29) is 17.1 Å². The first kappa shape index (κ1) is 19.2. The predicted octanol–water partition coefficient (Wildman–Crippen LogP) is 6.50. The molecule has 3 rings (SSSR count). The van der Waals surface area contributed by atoms with Crippen molar-refractivity contribution < 1.29 is 26.3 Å². The Balaban J connectivity index is 2.12. The maximum Gasteiger partial charge on any atom is 0.433 e. The monoisotopic (exact) mass is 402 g/mol. The van der Waals surface area contributed by atoms with Crippen LogP contribution in [0.25, 0.3) is 22.6 Å². The van der Waals surface area contributed by atoms with Crippen LogP contribution in [0.2, 0.25) is 5.02 Å². The number of nitrogens with zero attached hydrogens (tertiary/aromatic N) is 2. The van der Waals surface area contributed by atoms with Gasteiger partial charge in [-0.3, -0.25) is 0 Å². The summed E-state index contributed by atoms with van der Waals surface area (Å²) in [5.74, 6) is -0.330. The first-order valence-corrected chi connectivity index (χ1v) is 7.82. The van der Waals surface area contributed by atoms with E-state index in [0.717, 1.165) is 30.3 Å². The minimum Gasteiger partial charge on any atom is -0.228 e. The van der Waals surface area contributed by atoms with Crippen molar-refractivity contribution in [1.82, 2.24) is 9.97 Å². The van der Waals surface area contributed by atoms with Gasteiger partial charge in [0.1, 0.15) is 5.69 Å². The molecule has 0 radical (unpaired) electrons. The molecule has 0 saturated heterocycles. The molecule has 0 N–H and O–H groups in total. The molecule has 0 bridgehead atoms. The van der Waals surface area contributed by atoms with Crippen LogP contribution in [-0.4, -0.2) is 9.97 Å². The second-order valence-electron chi connectivity index (χ2n) is 5.54. The third kappa shape index (κ3) is 4.39. The van der Waals surface area contributed by atoms with Gasteiger partial charge >= 0.3 is 12.4 Å².